The molecule has 1 aromatic rings. The van der Waals surface area contributed by atoms with Crippen LogP contribution in [0.1, 0.15) is 76.7 Å². The number of methoxy groups -OCH3 is 1. The van der Waals surface area contributed by atoms with Crippen molar-refractivity contribution in [2.24, 2.45) is 34.5 Å². The van der Waals surface area contributed by atoms with Crippen LogP contribution in [0.2, 0.25) is 0 Å². The number of hydrogen-bond acceptors (Lipinski definition) is 3. The summed E-state index contributed by atoms with van der Waals surface area (Å²) in [6.07, 6.45) is 8.06. The summed E-state index contributed by atoms with van der Waals surface area (Å²) in [4.78, 5) is 12.4. The van der Waals surface area contributed by atoms with Gasteiger partial charge >= 0.3 is 0 Å². The first-order valence-electron chi connectivity index (χ1n) is 11.7. The number of aliphatic hydroxyl groups is 1. The second-order valence-electron chi connectivity index (χ2n) is 11.0. The second kappa shape index (κ2) is 6.83. The molecule has 0 bridgehead atoms. The second-order valence-corrected chi connectivity index (χ2v) is 11.0. The Hall–Kier alpha value is -1.35. The van der Waals surface area contributed by atoms with Gasteiger partial charge < -0.3 is 9.84 Å². The molecule has 1 aromatic carbocycles. The van der Waals surface area contributed by atoms with E-state index >= 15 is 0 Å². The lowest BCUT2D eigenvalue weighted by Crippen LogP contribution is -2.56. The molecule has 158 valence electrons. The van der Waals surface area contributed by atoms with Crippen LogP contribution in [0, 0.1) is 34.5 Å². The van der Waals surface area contributed by atoms with Gasteiger partial charge in [-0.15, -0.1) is 0 Å². The summed E-state index contributed by atoms with van der Waals surface area (Å²) < 4.78 is 5.40. The summed E-state index contributed by atoms with van der Waals surface area (Å²) in [7, 11) is 1.72. The molecule has 8 atom stereocenters. The number of fused-ring (bicyclic) bond motifs is 5. The van der Waals surface area contributed by atoms with E-state index in [0.717, 1.165) is 50.7 Å². The maximum Gasteiger partial charge on any atom is 0.133 e. The third-order valence-electron chi connectivity index (χ3n) is 10.0. The Morgan fingerprint density at radius 1 is 1.00 bits per heavy atom. The highest BCUT2D eigenvalue weighted by Gasteiger charge is 2.62. The smallest absolute Gasteiger partial charge is 0.133 e. The Labute approximate surface area is 175 Å². The van der Waals surface area contributed by atoms with Crippen LogP contribution in [-0.4, -0.2) is 24.1 Å². The molecule has 0 heterocycles. The van der Waals surface area contributed by atoms with Gasteiger partial charge in [-0.3, -0.25) is 4.79 Å². The SMILES string of the molecule is COc1ccc([C@@H]2CC3CC(=O)CC[C@]3(C)[C@H]3CC[C@]4(C)[C@@H](O)CC[C@H]4[C@H]23)cc1. The van der Waals surface area contributed by atoms with E-state index in [1.165, 1.54) is 12.0 Å². The largest absolute Gasteiger partial charge is 0.497 e. The molecule has 5 rings (SSSR count). The van der Waals surface area contributed by atoms with Crippen molar-refractivity contribution in [3.63, 3.8) is 0 Å². The van der Waals surface area contributed by atoms with Crippen molar-refractivity contribution < 1.29 is 14.6 Å². The lowest BCUT2D eigenvalue weighted by atomic mass is 9.42. The van der Waals surface area contributed by atoms with Crippen LogP contribution >= 0.6 is 0 Å². The van der Waals surface area contributed by atoms with Crippen molar-refractivity contribution in [3.8, 4) is 5.75 Å². The zero-order valence-corrected chi connectivity index (χ0v) is 18.2. The number of aliphatic hydroxyl groups excluding tert-OH is 1. The Morgan fingerprint density at radius 2 is 1.72 bits per heavy atom. The summed E-state index contributed by atoms with van der Waals surface area (Å²) in [6, 6.07) is 8.70. The van der Waals surface area contributed by atoms with Crippen molar-refractivity contribution >= 4 is 5.78 Å². The number of carbonyl (C=O) groups is 1. The van der Waals surface area contributed by atoms with Crippen molar-refractivity contribution in [3.05, 3.63) is 29.8 Å². The third-order valence-corrected chi connectivity index (χ3v) is 10.0. The minimum absolute atomic E-state index is 0.0690. The van der Waals surface area contributed by atoms with Gasteiger partial charge in [0.15, 0.2) is 0 Å². The molecule has 1 unspecified atom stereocenters. The predicted octanol–water partition coefficient (Wildman–Crippen LogP) is 5.36. The molecule has 0 amide bonds. The molecule has 0 saturated heterocycles. The number of Topliss-reactive ketones (excluding diaryl/α,β-unsaturated/α-hetero) is 1. The molecular weight excluding hydrogens is 360 g/mol. The summed E-state index contributed by atoms with van der Waals surface area (Å²) in [5, 5.41) is 10.9. The summed E-state index contributed by atoms with van der Waals surface area (Å²) >= 11 is 0. The van der Waals surface area contributed by atoms with Crippen molar-refractivity contribution in [1.82, 2.24) is 0 Å². The zero-order chi connectivity index (χ0) is 20.4. The van der Waals surface area contributed by atoms with Gasteiger partial charge in [-0.2, -0.15) is 0 Å². The molecule has 0 aliphatic heterocycles. The Bertz CT molecular complexity index is 786. The van der Waals surface area contributed by atoms with Crippen LogP contribution in [0.3, 0.4) is 0 Å². The normalized spacial score (nSPS) is 46.6. The Kier molecular flexibility index (Phi) is 4.62. The zero-order valence-electron chi connectivity index (χ0n) is 18.2. The van der Waals surface area contributed by atoms with Crippen molar-refractivity contribution in [2.45, 2.75) is 77.2 Å². The summed E-state index contributed by atoms with van der Waals surface area (Å²) in [5.41, 5.74) is 1.77. The van der Waals surface area contributed by atoms with Crippen LogP contribution in [0.5, 0.6) is 5.75 Å². The average Bonchev–Trinajstić information content (AvgIpc) is 3.03. The maximum atomic E-state index is 12.4. The van der Waals surface area contributed by atoms with E-state index in [2.05, 4.69) is 38.1 Å². The molecular formula is C26H36O3. The van der Waals surface area contributed by atoms with Crippen molar-refractivity contribution in [1.29, 1.82) is 0 Å². The summed E-state index contributed by atoms with van der Waals surface area (Å²) in [6.45, 7) is 4.86. The molecule has 4 saturated carbocycles. The first-order valence-corrected chi connectivity index (χ1v) is 11.7. The maximum absolute atomic E-state index is 12.4. The molecule has 0 spiro atoms. The lowest BCUT2D eigenvalue weighted by molar-refractivity contribution is -0.146. The van der Waals surface area contributed by atoms with Gasteiger partial charge in [0.25, 0.3) is 0 Å². The number of rotatable bonds is 2. The van der Waals surface area contributed by atoms with Crippen LogP contribution in [-0.2, 0) is 4.79 Å². The number of hydrogen-bond donors (Lipinski definition) is 1. The van der Waals surface area contributed by atoms with Crippen LogP contribution in [0.25, 0.3) is 0 Å². The number of ketones is 1. The van der Waals surface area contributed by atoms with E-state index in [0.29, 0.717) is 35.4 Å². The van der Waals surface area contributed by atoms with Gasteiger partial charge in [-0.05, 0) is 96.6 Å². The van der Waals surface area contributed by atoms with E-state index < -0.39 is 0 Å². The number of carbonyl (C=O) groups excluding carboxylic acids is 1. The topological polar surface area (TPSA) is 46.5 Å². The molecule has 4 aliphatic carbocycles. The first kappa shape index (κ1) is 19.6. The van der Waals surface area contributed by atoms with Gasteiger partial charge in [-0.1, -0.05) is 26.0 Å². The monoisotopic (exact) mass is 396 g/mol. The van der Waals surface area contributed by atoms with Crippen LogP contribution < -0.4 is 4.74 Å². The average molecular weight is 397 g/mol. The number of ether oxygens (including phenoxy) is 1. The highest BCUT2D eigenvalue weighted by molar-refractivity contribution is 5.79. The van der Waals surface area contributed by atoms with Crippen LogP contribution in [0.15, 0.2) is 24.3 Å². The van der Waals surface area contributed by atoms with Crippen LogP contribution in [0.4, 0.5) is 0 Å². The summed E-state index contributed by atoms with van der Waals surface area (Å²) in [5.74, 6) is 4.26. The van der Waals surface area contributed by atoms with Gasteiger partial charge in [0.2, 0.25) is 0 Å². The molecule has 4 aliphatic rings. The predicted molar refractivity (Wildman–Crippen MR) is 114 cm³/mol. The molecule has 4 fully saturated rings. The first-order chi connectivity index (χ1) is 13.9. The Morgan fingerprint density at radius 3 is 2.45 bits per heavy atom. The van der Waals surface area contributed by atoms with Gasteiger partial charge in [0.05, 0.1) is 13.2 Å². The number of benzene rings is 1. The fourth-order valence-electron chi connectivity index (χ4n) is 8.23. The van der Waals surface area contributed by atoms with Crippen molar-refractivity contribution in [2.75, 3.05) is 7.11 Å². The molecule has 29 heavy (non-hydrogen) atoms. The highest BCUT2D eigenvalue weighted by Crippen LogP contribution is 2.68. The fraction of sp³-hybridized carbons (Fsp3) is 0.731. The minimum atomic E-state index is -0.150. The van der Waals surface area contributed by atoms with Gasteiger partial charge in [0, 0.05) is 12.8 Å². The Balaban J connectivity index is 1.57. The van der Waals surface area contributed by atoms with E-state index in [1.54, 1.807) is 7.11 Å². The van der Waals surface area contributed by atoms with E-state index in [9.17, 15) is 9.90 Å². The lowest BCUT2D eigenvalue weighted by Gasteiger charge is -2.62. The van der Waals surface area contributed by atoms with E-state index in [-0.39, 0.29) is 16.9 Å². The molecule has 1 N–H and O–H groups in total. The van der Waals surface area contributed by atoms with E-state index in [4.69, 9.17) is 4.74 Å². The van der Waals surface area contributed by atoms with Gasteiger partial charge in [-0.25, -0.2) is 0 Å². The van der Waals surface area contributed by atoms with Gasteiger partial charge in [0.1, 0.15) is 11.5 Å². The fourth-order valence-corrected chi connectivity index (χ4v) is 8.23. The van der Waals surface area contributed by atoms with E-state index in [1.807, 2.05) is 0 Å². The highest BCUT2D eigenvalue weighted by atomic mass is 16.5. The minimum Gasteiger partial charge on any atom is -0.497 e. The molecule has 0 aromatic heterocycles. The molecule has 0 radical (unpaired) electrons. The quantitative estimate of drug-likeness (QED) is 0.732. The molecule has 3 heteroatoms. The molecule has 3 nitrogen and oxygen atoms in total. The third kappa shape index (κ3) is 2.83. The standard InChI is InChI=1S/C26H36O3/c1-25-12-10-18(27)14-17(25)15-20(16-4-6-19(29-3)7-5-16)24-21-8-9-23(28)26(21,2)13-11-22(24)25/h4-7,17,20-24,28H,8-15H2,1-3H3/t17?,20-,21-,22-,23-,24-,25-,26-/m0/s1.